The van der Waals surface area contributed by atoms with E-state index in [-0.39, 0.29) is 11.7 Å². The van der Waals surface area contributed by atoms with Gasteiger partial charge < -0.3 is 10.2 Å². The smallest absolute Gasteiger partial charge is 0.257 e. The van der Waals surface area contributed by atoms with Gasteiger partial charge in [-0.3, -0.25) is 9.59 Å². The highest BCUT2D eigenvalue weighted by atomic mass is 16.2. The summed E-state index contributed by atoms with van der Waals surface area (Å²) in [6.45, 7) is 3.88. The van der Waals surface area contributed by atoms with Crippen LogP contribution in [0.15, 0.2) is 60.9 Å². The Bertz CT molecular complexity index is 1040. The van der Waals surface area contributed by atoms with Crippen LogP contribution in [0.3, 0.4) is 0 Å². The summed E-state index contributed by atoms with van der Waals surface area (Å²) in [6, 6.07) is 15.9. The number of hydrogen-bond donors (Lipinski definition) is 1. The van der Waals surface area contributed by atoms with Gasteiger partial charge in [-0.05, 0) is 25.8 Å². The van der Waals surface area contributed by atoms with Crippen LogP contribution in [0, 0.1) is 6.92 Å². The normalized spacial score (nSPS) is 13.3. The first-order chi connectivity index (χ1) is 14.1. The van der Waals surface area contributed by atoms with Crippen LogP contribution in [0.2, 0.25) is 0 Å². The summed E-state index contributed by atoms with van der Waals surface area (Å²) in [5.41, 5.74) is 2.31. The van der Waals surface area contributed by atoms with Crippen LogP contribution in [0.5, 0.6) is 0 Å². The molecule has 29 heavy (non-hydrogen) atoms. The highest BCUT2D eigenvalue weighted by molar-refractivity contribution is 6.17. The van der Waals surface area contributed by atoms with Crippen LogP contribution in [-0.4, -0.2) is 34.7 Å². The monoisotopic (exact) mass is 386 g/mol. The minimum absolute atomic E-state index is 0.184. The molecule has 0 atom stereocenters. The standard InChI is InChI=1S/C23H22N4O2/c1-16-8-10-17(11-9-16)22(28)18-6-2-3-7-19(18)23(29)26-20-14-21(25-15-24-20)27-12-4-5-13-27/h2-3,6-11,14-15H,4-5,12-13H2,1H3,(H,24,25,26,29). The quantitative estimate of drug-likeness (QED) is 0.674. The van der Waals surface area contributed by atoms with Gasteiger partial charge in [-0.1, -0.05) is 48.0 Å². The Morgan fingerprint density at radius 3 is 2.34 bits per heavy atom. The number of aryl methyl sites for hydroxylation is 1. The van der Waals surface area contributed by atoms with Crippen molar-refractivity contribution in [1.29, 1.82) is 0 Å². The maximum Gasteiger partial charge on any atom is 0.257 e. The van der Waals surface area contributed by atoms with Gasteiger partial charge in [-0.25, -0.2) is 9.97 Å². The van der Waals surface area contributed by atoms with Crippen LogP contribution in [0.25, 0.3) is 0 Å². The van der Waals surface area contributed by atoms with Crippen LogP contribution in [-0.2, 0) is 0 Å². The molecule has 2 heterocycles. The van der Waals surface area contributed by atoms with Gasteiger partial charge in [-0.15, -0.1) is 0 Å². The lowest BCUT2D eigenvalue weighted by Gasteiger charge is -2.16. The molecular formula is C23H22N4O2. The van der Waals surface area contributed by atoms with Crippen molar-refractivity contribution in [2.24, 2.45) is 0 Å². The highest BCUT2D eigenvalue weighted by Gasteiger charge is 2.19. The van der Waals surface area contributed by atoms with Gasteiger partial charge >= 0.3 is 0 Å². The van der Waals surface area contributed by atoms with E-state index in [1.807, 2.05) is 19.1 Å². The number of rotatable bonds is 5. The predicted octanol–water partition coefficient (Wildman–Crippen LogP) is 3.87. The fourth-order valence-corrected chi connectivity index (χ4v) is 3.46. The van der Waals surface area contributed by atoms with Crippen molar-refractivity contribution in [2.45, 2.75) is 19.8 Å². The molecule has 1 amide bonds. The second-order valence-electron chi connectivity index (χ2n) is 7.15. The van der Waals surface area contributed by atoms with Crippen molar-refractivity contribution in [2.75, 3.05) is 23.3 Å². The van der Waals surface area contributed by atoms with Gasteiger partial charge in [0.25, 0.3) is 5.91 Å². The zero-order valence-corrected chi connectivity index (χ0v) is 16.3. The number of aromatic nitrogens is 2. The number of carbonyl (C=O) groups excluding carboxylic acids is 2. The molecule has 6 nitrogen and oxygen atoms in total. The molecule has 1 saturated heterocycles. The van der Waals surface area contributed by atoms with E-state index in [4.69, 9.17) is 0 Å². The number of hydrogen-bond acceptors (Lipinski definition) is 5. The number of carbonyl (C=O) groups is 2. The molecule has 0 bridgehead atoms. The molecule has 3 aromatic rings. The SMILES string of the molecule is Cc1ccc(C(=O)c2ccccc2C(=O)Nc2cc(N3CCCC3)ncn2)cc1. The molecule has 0 aliphatic carbocycles. The van der Waals surface area contributed by atoms with Gasteiger partial charge in [0, 0.05) is 30.3 Å². The topological polar surface area (TPSA) is 75.2 Å². The minimum Gasteiger partial charge on any atom is -0.356 e. The number of amides is 1. The largest absolute Gasteiger partial charge is 0.356 e. The van der Waals surface area contributed by atoms with E-state index in [1.54, 1.807) is 42.5 Å². The minimum atomic E-state index is -0.368. The highest BCUT2D eigenvalue weighted by Crippen LogP contribution is 2.21. The Labute approximate surface area is 169 Å². The molecule has 0 saturated carbocycles. The van der Waals surface area contributed by atoms with Crippen LogP contribution in [0.1, 0.15) is 44.7 Å². The Kier molecular flexibility index (Phi) is 5.33. The average Bonchev–Trinajstić information content (AvgIpc) is 3.29. The van der Waals surface area contributed by atoms with Crippen molar-refractivity contribution < 1.29 is 9.59 Å². The van der Waals surface area contributed by atoms with Crippen molar-refractivity contribution in [3.63, 3.8) is 0 Å². The zero-order valence-electron chi connectivity index (χ0n) is 16.3. The van der Waals surface area contributed by atoms with Gasteiger partial charge in [-0.2, -0.15) is 0 Å². The third kappa shape index (κ3) is 4.16. The van der Waals surface area contributed by atoms with Crippen molar-refractivity contribution in [3.05, 3.63) is 83.2 Å². The molecule has 1 aliphatic heterocycles. The summed E-state index contributed by atoms with van der Waals surface area (Å²) >= 11 is 0. The number of nitrogens with one attached hydrogen (secondary N) is 1. The summed E-state index contributed by atoms with van der Waals surface area (Å²) in [7, 11) is 0. The average molecular weight is 386 g/mol. The fourth-order valence-electron chi connectivity index (χ4n) is 3.46. The van der Waals surface area contributed by atoms with E-state index in [0.29, 0.717) is 22.5 Å². The van der Waals surface area contributed by atoms with E-state index < -0.39 is 0 Å². The second kappa shape index (κ2) is 8.22. The Hall–Kier alpha value is -3.54. The maximum atomic E-state index is 13.0. The van der Waals surface area contributed by atoms with Crippen LogP contribution >= 0.6 is 0 Å². The molecule has 4 rings (SSSR count). The summed E-state index contributed by atoms with van der Waals surface area (Å²) in [4.78, 5) is 36.5. The Morgan fingerprint density at radius 1 is 0.931 bits per heavy atom. The first-order valence-electron chi connectivity index (χ1n) is 9.70. The summed E-state index contributed by atoms with van der Waals surface area (Å²) < 4.78 is 0. The molecule has 6 heteroatoms. The molecule has 0 spiro atoms. The third-order valence-corrected chi connectivity index (χ3v) is 5.05. The number of anilines is 2. The molecule has 1 N–H and O–H groups in total. The van der Waals surface area contributed by atoms with Gasteiger partial charge in [0.05, 0.1) is 5.56 Å². The van der Waals surface area contributed by atoms with Gasteiger partial charge in [0.2, 0.25) is 0 Å². The molecule has 1 aliphatic rings. The van der Waals surface area contributed by atoms with Crippen molar-refractivity contribution >= 4 is 23.3 Å². The van der Waals surface area contributed by atoms with Gasteiger partial charge in [0.1, 0.15) is 18.0 Å². The molecule has 0 unspecified atom stereocenters. The molecular weight excluding hydrogens is 364 g/mol. The van der Waals surface area contributed by atoms with Crippen LogP contribution in [0.4, 0.5) is 11.6 Å². The third-order valence-electron chi connectivity index (χ3n) is 5.05. The molecule has 1 fully saturated rings. The Morgan fingerprint density at radius 2 is 1.62 bits per heavy atom. The first kappa shape index (κ1) is 18.8. The number of ketones is 1. The summed E-state index contributed by atoms with van der Waals surface area (Å²) in [5.74, 6) is 0.671. The summed E-state index contributed by atoms with van der Waals surface area (Å²) in [5, 5.41) is 2.81. The van der Waals surface area contributed by atoms with E-state index in [1.165, 1.54) is 6.33 Å². The van der Waals surface area contributed by atoms with Crippen molar-refractivity contribution in [1.82, 2.24) is 9.97 Å². The number of benzene rings is 2. The van der Waals surface area contributed by atoms with Crippen molar-refractivity contribution in [3.8, 4) is 0 Å². The van der Waals surface area contributed by atoms with E-state index >= 15 is 0 Å². The van der Waals surface area contributed by atoms with E-state index in [0.717, 1.165) is 37.3 Å². The van der Waals surface area contributed by atoms with E-state index in [9.17, 15) is 9.59 Å². The predicted molar refractivity (Wildman–Crippen MR) is 112 cm³/mol. The lowest BCUT2D eigenvalue weighted by Crippen LogP contribution is -2.21. The molecule has 146 valence electrons. The van der Waals surface area contributed by atoms with Gasteiger partial charge in [0.15, 0.2) is 5.78 Å². The molecule has 0 radical (unpaired) electrons. The van der Waals surface area contributed by atoms with Crippen LogP contribution < -0.4 is 10.2 Å². The molecule has 2 aromatic carbocycles. The van der Waals surface area contributed by atoms with E-state index in [2.05, 4.69) is 20.2 Å². The maximum absolute atomic E-state index is 13.0. The second-order valence-corrected chi connectivity index (χ2v) is 7.15. The number of nitrogens with zero attached hydrogens (tertiary/aromatic N) is 3. The Balaban J connectivity index is 1.57. The zero-order chi connectivity index (χ0) is 20.2. The lowest BCUT2D eigenvalue weighted by atomic mass is 9.97. The first-order valence-corrected chi connectivity index (χ1v) is 9.70. The summed E-state index contributed by atoms with van der Waals surface area (Å²) in [6.07, 6.45) is 3.73. The molecule has 1 aromatic heterocycles. The lowest BCUT2D eigenvalue weighted by molar-refractivity contribution is 0.0996. The fraction of sp³-hybridized carbons (Fsp3) is 0.217.